The molecule has 0 aliphatic carbocycles. The minimum atomic E-state index is 0.258. The first-order valence-electron chi connectivity index (χ1n) is 8.98. The van der Waals surface area contributed by atoms with E-state index in [4.69, 9.17) is 4.74 Å². The fraction of sp³-hybridized carbons (Fsp3) is 0.632. The first kappa shape index (κ1) is 20.3. The lowest BCUT2D eigenvalue weighted by atomic mass is 10.0. The summed E-state index contributed by atoms with van der Waals surface area (Å²) in [6.45, 7) is 11.5. The Bertz CT molecular complexity index is 489. The molecular weight excluding hydrogens is 302 g/mol. The molecule has 5 heteroatoms. The molecule has 1 rings (SSSR count). The second-order valence-corrected chi connectivity index (χ2v) is 6.13. The summed E-state index contributed by atoms with van der Waals surface area (Å²) in [6, 6.07) is 7.36. The van der Waals surface area contributed by atoms with Gasteiger partial charge >= 0.3 is 0 Å². The first-order chi connectivity index (χ1) is 11.6. The molecule has 0 aromatic heterocycles. The van der Waals surface area contributed by atoms with E-state index in [1.165, 1.54) is 0 Å². The number of benzene rings is 1. The van der Waals surface area contributed by atoms with Gasteiger partial charge in [-0.15, -0.1) is 0 Å². The normalized spacial score (nSPS) is 13.1. The highest BCUT2D eigenvalue weighted by molar-refractivity contribution is 5.79. The average molecular weight is 335 g/mol. The SMILES string of the molecule is CCNC(=NCCC(OCC)C(C)C)NCCc1cccc(O)c1. The molecule has 0 spiro atoms. The highest BCUT2D eigenvalue weighted by Crippen LogP contribution is 2.11. The van der Waals surface area contributed by atoms with Crippen molar-refractivity contribution >= 4 is 5.96 Å². The van der Waals surface area contributed by atoms with Gasteiger partial charge in [0.2, 0.25) is 0 Å². The highest BCUT2D eigenvalue weighted by Gasteiger charge is 2.12. The summed E-state index contributed by atoms with van der Waals surface area (Å²) in [5.74, 6) is 1.64. The largest absolute Gasteiger partial charge is 0.508 e. The second-order valence-electron chi connectivity index (χ2n) is 6.13. The van der Waals surface area contributed by atoms with Crippen LogP contribution in [-0.2, 0) is 11.2 Å². The fourth-order valence-corrected chi connectivity index (χ4v) is 2.51. The number of nitrogens with zero attached hydrogens (tertiary/aromatic N) is 1. The summed E-state index contributed by atoms with van der Waals surface area (Å²) < 4.78 is 5.76. The number of phenols is 1. The van der Waals surface area contributed by atoms with E-state index in [0.29, 0.717) is 11.7 Å². The second kappa shape index (κ2) is 11.7. The topological polar surface area (TPSA) is 65.9 Å². The monoisotopic (exact) mass is 335 g/mol. The van der Waals surface area contributed by atoms with Gasteiger partial charge in [-0.25, -0.2) is 0 Å². The molecule has 1 unspecified atom stereocenters. The third-order valence-electron chi connectivity index (χ3n) is 3.77. The Morgan fingerprint density at radius 3 is 2.67 bits per heavy atom. The van der Waals surface area contributed by atoms with Crippen molar-refractivity contribution in [1.29, 1.82) is 0 Å². The standard InChI is InChI=1S/C19H33N3O2/c1-5-20-19(22-13-11-18(15(3)4)24-6-2)21-12-10-16-8-7-9-17(23)14-16/h7-9,14-15,18,23H,5-6,10-13H2,1-4H3,(H2,20,21,22). The van der Waals surface area contributed by atoms with Gasteiger partial charge < -0.3 is 20.5 Å². The van der Waals surface area contributed by atoms with Crippen LogP contribution >= 0.6 is 0 Å². The number of aromatic hydroxyl groups is 1. The third kappa shape index (κ3) is 8.20. The fourth-order valence-electron chi connectivity index (χ4n) is 2.51. The zero-order valence-corrected chi connectivity index (χ0v) is 15.5. The van der Waals surface area contributed by atoms with Gasteiger partial charge in [-0.1, -0.05) is 26.0 Å². The van der Waals surface area contributed by atoms with Crippen molar-refractivity contribution < 1.29 is 9.84 Å². The van der Waals surface area contributed by atoms with E-state index in [-0.39, 0.29) is 6.10 Å². The van der Waals surface area contributed by atoms with E-state index in [0.717, 1.165) is 50.6 Å². The van der Waals surface area contributed by atoms with E-state index in [1.807, 2.05) is 19.1 Å². The van der Waals surface area contributed by atoms with Gasteiger partial charge in [-0.2, -0.15) is 0 Å². The van der Waals surface area contributed by atoms with Crippen molar-refractivity contribution in [2.75, 3.05) is 26.2 Å². The molecule has 0 bridgehead atoms. The Morgan fingerprint density at radius 2 is 2.04 bits per heavy atom. The van der Waals surface area contributed by atoms with Gasteiger partial charge in [0.25, 0.3) is 0 Å². The van der Waals surface area contributed by atoms with Crippen molar-refractivity contribution in [2.24, 2.45) is 10.9 Å². The molecule has 0 aliphatic rings. The van der Waals surface area contributed by atoms with Gasteiger partial charge in [0.15, 0.2) is 5.96 Å². The summed E-state index contributed by atoms with van der Waals surface area (Å²) in [5.41, 5.74) is 1.11. The van der Waals surface area contributed by atoms with Gasteiger partial charge in [0.05, 0.1) is 6.10 Å². The average Bonchev–Trinajstić information content (AvgIpc) is 2.54. The molecule has 0 fully saturated rings. The van der Waals surface area contributed by atoms with E-state index in [2.05, 4.69) is 36.4 Å². The van der Waals surface area contributed by atoms with Crippen molar-refractivity contribution in [3.05, 3.63) is 29.8 Å². The zero-order chi connectivity index (χ0) is 17.8. The Balaban J connectivity index is 2.44. The zero-order valence-electron chi connectivity index (χ0n) is 15.5. The van der Waals surface area contributed by atoms with Crippen molar-refractivity contribution in [3.8, 4) is 5.75 Å². The lowest BCUT2D eigenvalue weighted by Gasteiger charge is -2.20. The maximum absolute atomic E-state index is 9.49. The number of nitrogens with one attached hydrogen (secondary N) is 2. The number of hydrogen-bond acceptors (Lipinski definition) is 3. The number of aliphatic imine (C=N–C) groups is 1. The van der Waals surface area contributed by atoms with E-state index >= 15 is 0 Å². The number of phenolic OH excluding ortho intramolecular Hbond substituents is 1. The van der Waals surface area contributed by atoms with Gasteiger partial charge in [-0.05, 0) is 50.3 Å². The molecule has 0 saturated carbocycles. The number of hydrogen-bond donors (Lipinski definition) is 3. The van der Waals surface area contributed by atoms with Crippen LogP contribution in [0.5, 0.6) is 5.75 Å². The number of ether oxygens (including phenoxy) is 1. The molecule has 1 aromatic carbocycles. The Morgan fingerprint density at radius 1 is 1.25 bits per heavy atom. The molecule has 0 radical (unpaired) electrons. The summed E-state index contributed by atoms with van der Waals surface area (Å²) in [4.78, 5) is 4.63. The Hall–Kier alpha value is -1.75. The van der Waals surface area contributed by atoms with Crippen LogP contribution < -0.4 is 10.6 Å². The van der Waals surface area contributed by atoms with Crippen LogP contribution in [0.15, 0.2) is 29.3 Å². The molecule has 0 aliphatic heterocycles. The smallest absolute Gasteiger partial charge is 0.191 e. The molecule has 136 valence electrons. The quantitative estimate of drug-likeness (QED) is 0.454. The number of guanidine groups is 1. The molecule has 3 N–H and O–H groups in total. The summed E-state index contributed by atoms with van der Waals surface area (Å²) >= 11 is 0. The molecular formula is C19H33N3O2. The lowest BCUT2D eigenvalue weighted by molar-refractivity contribution is 0.0266. The molecule has 1 aromatic rings. The molecule has 1 atom stereocenters. The third-order valence-corrected chi connectivity index (χ3v) is 3.77. The Kier molecular flexibility index (Phi) is 9.92. The summed E-state index contributed by atoms with van der Waals surface area (Å²) in [6.07, 6.45) is 2.02. The molecule has 24 heavy (non-hydrogen) atoms. The maximum atomic E-state index is 9.49. The Labute approximate surface area is 146 Å². The van der Waals surface area contributed by atoms with Crippen molar-refractivity contribution in [3.63, 3.8) is 0 Å². The molecule has 0 saturated heterocycles. The van der Waals surface area contributed by atoms with Crippen molar-refractivity contribution in [1.82, 2.24) is 10.6 Å². The highest BCUT2D eigenvalue weighted by atomic mass is 16.5. The van der Waals surface area contributed by atoms with Gasteiger partial charge in [0, 0.05) is 26.2 Å². The summed E-state index contributed by atoms with van der Waals surface area (Å²) in [7, 11) is 0. The van der Waals surface area contributed by atoms with Crippen LogP contribution in [0.3, 0.4) is 0 Å². The van der Waals surface area contributed by atoms with Crippen LogP contribution in [0.25, 0.3) is 0 Å². The first-order valence-corrected chi connectivity index (χ1v) is 8.98. The predicted molar refractivity (Wildman–Crippen MR) is 101 cm³/mol. The van der Waals surface area contributed by atoms with Crippen LogP contribution in [-0.4, -0.2) is 43.4 Å². The van der Waals surface area contributed by atoms with Gasteiger partial charge in [0.1, 0.15) is 5.75 Å². The minimum Gasteiger partial charge on any atom is -0.508 e. The molecule has 0 amide bonds. The van der Waals surface area contributed by atoms with Crippen LogP contribution in [0, 0.1) is 5.92 Å². The minimum absolute atomic E-state index is 0.258. The van der Waals surface area contributed by atoms with E-state index < -0.39 is 0 Å². The van der Waals surface area contributed by atoms with Crippen LogP contribution in [0.1, 0.15) is 39.7 Å². The predicted octanol–water partition coefficient (Wildman–Crippen LogP) is 2.94. The van der Waals surface area contributed by atoms with Crippen molar-refractivity contribution in [2.45, 2.75) is 46.6 Å². The van der Waals surface area contributed by atoms with Crippen LogP contribution in [0.2, 0.25) is 0 Å². The van der Waals surface area contributed by atoms with Crippen LogP contribution in [0.4, 0.5) is 0 Å². The lowest BCUT2D eigenvalue weighted by Crippen LogP contribution is -2.38. The number of rotatable bonds is 10. The molecule has 0 heterocycles. The van der Waals surface area contributed by atoms with Gasteiger partial charge in [-0.3, -0.25) is 4.99 Å². The molecule has 5 nitrogen and oxygen atoms in total. The van der Waals surface area contributed by atoms with E-state index in [1.54, 1.807) is 12.1 Å². The van der Waals surface area contributed by atoms with E-state index in [9.17, 15) is 5.11 Å². The summed E-state index contributed by atoms with van der Waals surface area (Å²) in [5, 5.41) is 16.1. The maximum Gasteiger partial charge on any atom is 0.191 e.